The highest BCUT2D eigenvalue weighted by molar-refractivity contribution is 5.75. The van der Waals surface area contributed by atoms with Crippen molar-refractivity contribution < 1.29 is 9.90 Å². The molecular formula is C18H19NO2. The van der Waals surface area contributed by atoms with E-state index in [9.17, 15) is 4.79 Å². The van der Waals surface area contributed by atoms with Gasteiger partial charge in [-0.05, 0) is 36.1 Å². The molecule has 108 valence electrons. The Balaban J connectivity index is 1.73. The van der Waals surface area contributed by atoms with Gasteiger partial charge in [0.05, 0.1) is 5.92 Å². The number of hydrogen-bond acceptors (Lipinski definition) is 2. The number of nitrogens with zero attached hydrogens (tertiary/aromatic N) is 1. The molecule has 3 rings (SSSR count). The minimum atomic E-state index is -0.781. The number of rotatable bonds is 4. The van der Waals surface area contributed by atoms with E-state index in [2.05, 4.69) is 29.2 Å². The number of carbonyl (C=O) groups is 1. The van der Waals surface area contributed by atoms with Crippen molar-refractivity contribution in [3.8, 4) is 0 Å². The van der Waals surface area contributed by atoms with Crippen LogP contribution in [0.5, 0.6) is 0 Å². The zero-order chi connectivity index (χ0) is 14.8. The minimum Gasteiger partial charge on any atom is -0.481 e. The maximum absolute atomic E-state index is 11.0. The lowest BCUT2D eigenvalue weighted by Gasteiger charge is -2.19. The van der Waals surface area contributed by atoms with Crippen LogP contribution in [0.1, 0.15) is 29.5 Å². The van der Waals surface area contributed by atoms with Gasteiger partial charge in [-0.25, -0.2) is 0 Å². The van der Waals surface area contributed by atoms with Crippen LogP contribution in [0.25, 0.3) is 0 Å². The smallest absolute Gasteiger partial charge is 0.310 e. The van der Waals surface area contributed by atoms with Gasteiger partial charge in [0, 0.05) is 18.8 Å². The number of fused-ring (bicyclic) bond motifs is 1. The van der Waals surface area contributed by atoms with Crippen molar-refractivity contribution in [2.75, 3.05) is 11.4 Å². The summed E-state index contributed by atoms with van der Waals surface area (Å²) in [5.41, 5.74) is 4.80. The van der Waals surface area contributed by atoms with E-state index in [-0.39, 0.29) is 0 Å². The van der Waals surface area contributed by atoms with E-state index in [1.807, 2.05) is 24.3 Å². The normalized spacial score (nSPS) is 14.8. The van der Waals surface area contributed by atoms with E-state index in [0.29, 0.717) is 0 Å². The molecule has 3 heteroatoms. The summed E-state index contributed by atoms with van der Waals surface area (Å²) in [7, 11) is 0. The number of anilines is 1. The number of carboxylic acids is 1. The van der Waals surface area contributed by atoms with Gasteiger partial charge in [-0.15, -0.1) is 0 Å². The lowest BCUT2D eigenvalue weighted by atomic mass is 10.00. The van der Waals surface area contributed by atoms with Crippen molar-refractivity contribution in [3.63, 3.8) is 0 Å². The Morgan fingerprint density at radius 3 is 2.62 bits per heavy atom. The highest BCUT2D eigenvalue weighted by Gasteiger charge is 2.18. The van der Waals surface area contributed by atoms with Crippen LogP contribution in [-0.4, -0.2) is 17.6 Å². The van der Waals surface area contributed by atoms with Crippen molar-refractivity contribution in [3.05, 3.63) is 65.2 Å². The first kappa shape index (κ1) is 13.7. The van der Waals surface area contributed by atoms with Gasteiger partial charge >= 0.3 is 5.97 Å². The first-order valence-corrected chi connectivity index (χ1v) is 7.29. The van der Waals surface area contributed by atoms with Crippen LogP contribution in [0.15, 0.2) is 48.5 Å². The van der Waals surface area contributed by atoms with Gasteiger partial charge in [-0.1, -0.05) is 42.5 Å². The Labute approximate surface area is 124 Å². The van der Waals surface area contributed by atoms with Crippen molar-refractivity contribution in [1.82, 2.24) is 0 Å². The van der Waals surface area contributed by atoms with E-state index in [1.165, 1.54) is 16.8 Å². The molecule has 1 unspecified atom stereocenters. The largest absolute Gasteiger partial charge is 0.481 e. The molecular weight excluding hydrogens is 262 g/mol. The zero-order valence-electron chi connectivity index (χ0n) is 12.1. The predicted molar refractivity (Wildman–Crippen MR) is 83.7 cm³/mol. The van der Waals surface area contributed by atoms with Gasteiger partial charge < -0.3 is 10.0 Å². The topological polar surface area (TPSA) is 40.5 Å². The highest BCUT2D eigenvalue weighted by atomic mass is 16.4. The summed E-state index contributed by atoms with van der Waals surface area (Å²) in [6.45, 7) is 3.64. The average Bonchev–Trinajstić information content (AvgIpc) is 2.91. The molecule has 3 nitrogen and oxygen atoms in total. The first-order valence-electron chi connectivity index (χ1n) is 7.29. The molecule has 0 aromatic heterocycles. The summed E-state index contributed by atoms with van der Waals surface area (Å²) in [6.07, 6.45) is 1.10. The van der Waals surface area contributed by atoms with Crippen LogP contribution in [0.4, 0.5) is 5.69 Å². The minimum absolute atomic E-state index is 0.452. The summed E-state index contributed by atoms with van der Waals surface area (Å²) in [4.78, 5) is 13.4. The second kappa shape index (κ2) is 5.60. The van der Waals surface area contributed by atoms with Gasteiger partial charge in [0.2, 0.25) is 0 Å². The van der Waals surface area contributed by atoms with E-state index in [4.69, 9.17) is 5.11 Å². The summed E-state index contributed by atoms with van der Waals surface area (Å²) < 4.78 is 0. The average molecular weight is 281 g/mol. The second-order valence-electron chi connectivity index (χ2n) is 5.60. The number of aliphatic carboxylic acids is 1. The molecule has 1 aliphatic heterocycles. The SMILES string of the molecule is CC(C(=O)O)c1ccc(CN2CCc3ccccc32)cc1. The molecule has 0 aliphatic carbocycles. The van der Waals surface area contributed by atoms with Gasteiger partial charge in [0.1, 0.15) is 0 Å². The van der Waals surface area contributed by atoms with Gasteiger partial charge in [0.15, 0.2) is 0 Å². The van der Waals surface area contributed by atoms with Gasteiger partial charge in [-0.3, -0.25) is 4.79 Å². The van der Waals surface area contributed by atoms with Crippen LogP contribution < -0.4 is 4.90 Å². The van der Waals surface area contributed by atoms with Crippen molar-refractivity contribution in [2.45, 2.75) is 25.8 Å². The Bertz CT molecular complexity index is 649. The molecule has 2 aromatic carbocycles. The molecule has 1 atom stereocenters. The number of para-hydroxylation sites is 1. The molecule has 0 bridgehead atoms. The monoisotopic (exact) mass is 281 g/mol. The van der Waals surface area contributed by atoms with Crippen LogP contribution in [-0.2, 0) is 17.8 Å². The van der Waals surface area contributed by atoms with Crippen LogP contribution in [0.3, 0.4) is 0 Å². The molecule has 0 spiro atoms. The van der Waals surface area contributed by atoms with Gasteiger partial charge in [0.25, 0.3) is 0 Å². The zero-order valence-corrected chi connectivity index (χ0v) is 12.1. The predicted octanol–water partition coefficient (Wildman–Crippen LogP) is 3.44. The fourth-order valence-electron chi connectivity index (χ4n) is 2.85. The third-order valence-corrected chi connectivity index (χ3v) is 4.21. The van der Waals surface area contributed by atoms with Crippen molar-refractivity contribution in [2.24, 2.45) is 0 Å². The fourth-order valence-corrected chi connectivity index (χ4v) is 2.85. The lowest BCUT2D eigenvalue weighted by molar-refractivity contribution is -0.138. The van der Waals surface area contributed by atoms with Crippen LogP contribution >= 0.6 is 0 Å². The fraction of sp³-hybridized carbons (Fsp3) is 0.278. The molecule has 0 saturated heterocycles. The third-order valence-electron chi connectivity index (χ3n) is 4.21. The Hall–Kier alpha value is -2.29. The van der Waals surface area contributed by atoms with E-state index < -0.39 is 11.9 Å². The Morgan fingerprint density at radius 1 is 1.19 bits per heavy atom. The summed E-state index contributed by atoms with van der Waals surface area (Å²) >= 11 is 0. The maximum atomic E-state index is 11.0. The van der Waals surface area contributed by atoms with Gasteiger partial charge in [-0.2, -0.15) is 0 Å². The summed E-state index contributed by atoms with van der Waals surface area (Å²) in [6, 6.07) is 16.5. The Morgan fingerprint density at radius 2 is 1.90 bits per heavy atom. The first-order chi connectivity index (χ1) is 10.1. The van der Waals surface area contributed by atoms with Crippen LogP contribution in [0.2, 0.25) is 0 Å². The van der Waals surface area contributed by atoms with Crippen molar-refractivity contribution in [1.29, 1.82) is 0 Å². The molecule has 0 saturated carbocycles. The molecule has 1 aliphatic rings. The molecule has 1 N–H and O–H groups in total. The molecule has 0 amide bonds. The molecule has 0 radical (unpaired) electrons. The molecule has 2 aromatic rings. The number of hydrogen-bond donors (Lipinski definition) is 1. The Kier molecular flexibility index (Phi) is 3.65. The molecule has 21 heavy (non-hydrogen) atoms. The lowest BCUT2D eigenvalue weighted by Crippen LogP contribution is -2.19. The quantitative estimate of drug-likeness (QED) is 0.933. The highest BCUT2D eigenvalue weighted by Crippen LogP contribution is 2.29. The molecule has 1 heterocycles. The van der Waals surface area contributed by atoms with E-state index in [1.54, 1.807) is 6.92 Å². The summed E-state index contributed by atoms with van der Waals surface area (Å²) in [5, 5.41) is 9.04. The number of carboxylic acid groups (broad SMARTS) is 1. The maximum Gasteiger partial charge on any atom is 0.310 e. The number of benzene rings is 2. The summed E-state index contributed by atoms with van der Waals surface area (Å²) in [5.74, 6) is -1.23. The molecule has 0 fully saturated rings. The van der Waals surface area contributed by atoms with Crippen LogP contribution in [0, 0.1) is 0 Å². The van der Waals surface area contributed by atoms with E-state index >= 15 is 0 Å². The third kappa shape index (κ3) is 2.77. The van der Waals surface area contributed by atoms with Crippen molar-refractivity contribution >= 4 is 11.7 Å². The second-order valence-corrected chi connectivity index (χ2v) is 5.60. The standard InChI is InChI=1S/C18H19NO2/c1-13(18(20)21)15-8-6-14(7-9-15)12-19-11-10-16-4-2-3-5-17(16)19/h2-9,13H,10-12H2,1H3,(H,20,21). The van der Waals surface area contributed by atoms with E-state index in [0.717, 1.165) is 25.1 Å².